The number of aliphatic imine (C=N–C) groups is 1. The number of nitrogen functional groups attached to an aromatic ring is 1. The molecule has 0 saturated carbocycles. The van der Waals surface area contributed by atoms with Gasteiger partial charge in [-0.3, -0.25) is 10.3 Å². The fraction of sp³-hybridized carbons (Fsp3) is 0.632. The number of nitrogens with one attached hydrogen (secondary N) is 1. The summed E-state index contributed by atoms with van der Waals surface area (Å²) >= 11 is 0. The third-order valence-electron chi connectivity index (χ3n) is 5.23. The number of anilines is 1. The number of fused-ring (bicyclic) bond motifs is 1. The predicted molar refractivity (Wildman–Crippen MR) is 111 cm³/mol. The van der Waals surface area contributed by atoms with E-state index in [1.54, 1.807) is 27.7 Å². The average Bonchev–Trinajstić information content (AvgIpc) is 2.63. The molecule has 2 aliphatic rings. The minimum atomic E-state index is -3.13. The number of hydrogen-bond acceptors (Lipinski definition) is 7. The summed E-state index contributed by atoms with van der Waals surface area (Å²) in [4.78, 5) is 20.8. The lowest BCUT2D eigenvalue weighted by atomic mass is 9.95. The van der Waals surface area contributed by atoms with Crippen LogP contribution in [0.3, 0.4) is 0 Å². The number of hydrogen-bond donors (Lipinski definition) is 2. The molecule has 1 aromatic heterocycles. The van der Waals surface area contributed by atoms with Gasteiger partial charge in [0.05, 0.1) is 15.5 Å². The minimum Gasteiger partial charge on any atom is -0.444 e. The highest BCUT2D eigenvalue weighted by atomic mass is 32.2. The molecule has 0 bridgehead atoms. The molecular weight excluding hydrogens is 416 g/mol. The Morgan fingerprint density at radius 3 is 2.73 bits per heavy atom. The summed E-state index contributed by atoms with van der Waals surface area (Å²) in [5.74, 6) is -1.26. The Bertz CT molecular complexity index is 1020. The third-order valence-corrected chi connectivity index (χ3v) is 8.50. The van der Waals surface area contributed by atoms with Crippen LogP contribution in [0.15, 0.2) is 21.5 Å². The number of aromatic nitrogens is 1. The van der Waals surface area contributed by atoms with Crippen molar-refractivity contribution in [1.82, 2.24) is 10.3 Å². The lowest BCUT2D eigenvalue weighted by Crippen LogP contribution is -2.61. The second kappa shape index (κ2) is 7.44. The van der Waals surface area contributed by atoms with Crippen molar-refractivity contribution >= 4 is 27.5 Å². The predicted octanol–water partition coefficient (Wildman–Crippen LogP) is 2.93. The molecule has 3 N–H and O–H groups in total. The first-order chi connectivity index (χ1) is 13.8. The maximum atomic E-state index is 14.7. The smallest absolute Gasteiger partial charge is 0.413 e. The standard InChI is InChI=1S/C19H27F2N5O3S/c1-17(2,3)29-16(27)25-15-18(4)8-5-9-23-30(18,28)11-19(10-20,26-15)14-12(21)6-7-13(22)24-14/h6-7H,5,8-11H2,1-4H3,(H2,22,24)(H,25,26,27)/t18-,19+,30?/m1/s1. The molecule has 0 aliphatic carbocycles. The van der Waals surface area contributed by atoms with E-state index in [2.05, 4.69) is 19.7 Å². The van der Waals surface area contributed by atoms with Crippen LogP contribution < -0.4 is 11.1 Å². The van der Waals surface area contributed by atoms with Gasteiger partial charge in [0.15, 0.2) is 0 Å². The number of halogens is 2. The van der Waals surface area contributed by atoms with Gasteiger partial charge in [-0.2, -0.15) is 0 Å². The van der Waals surface area contributed by atoms with Crippen molar-refractivity contribution in [3.05, 3.63) is 23.6 Å². The van der Waals surface area contributed by atoms with Gasteiger partial charge < -0.3 is 10.5 Å². The van der Waals surface area contributed by atoms with Gasteiger partial charge in [-0.1, -0.05) is 0 Å². The van der Waals surface area contributed by atoms with E-state index in [9.17, 15) is 17.8 Å². The average molecular weight is 444 g/mol. The highest BCUT2D eigenvalue weighted by Gasteiger charge is 2.55. The summed E-state index contributed by atoms with van der Waals surface area (Å²) < 4.78 is 51.6. The topological polar surface area (TPSA) is 119 Å². The maximum Gasteiger partial charge on any atom is 0.413 e. The van der Waals surface area contributed by atoms with E-state index in [1.165, 1.54) is 6.07 Å². The lowest BCUT2D eigenvalue weighted by molar-refractivity contribution is 0.0560. The van der Waals surface area contributed by atoms with E-state index in [-0.39, 0.29) is 23.1 Å². The molecular formula is C19H27F2N5O3S. The zero-order valence-electron chi connectivity index (χ0n) is 17.5. The van der Waals surface area contributed by atoms with Crippen molar-refractivity contribution in [2.75, 3.05) is 24.7 Å². The van der Waals surface area contributed by atoms with E-state index < -0.39 is 44.2 Å². The molecule has 166 valence electrons. The third kappa shape index (κ3) is 3.86. The molecule has 0 fully saturated rings. The van der Waals surface area contributed by atoms with E-state index in [1.807, 2.05) is 0 Å². The van der Waals surface area contributed by atoms with E-state index >= 15 is 0 Å². The van der Waals surface area contributed by atoms with Gasteiger partial charge in [-0.05, 0) is 52.7 Å². The van der Waals surface area contributed by atoms with Crippen LogP contribution in [0.25, 0.3) is 0 Å². The number of rotatable bonds is 2. The SMILES string of the molecule is CC(C)(C)OC(=O)NC1=N[C@](CF)(c2nc(N)ccc2F)CS2(=O)=NCCC[C@]12C. The first-order valence-corrected chi connectivity index (χ1v) is 11.3. The van der Waals surface area contributed by atoms with Crippen molar-refractivity contribution in [1.29, 1.82) is 0 Å². The number of nitrogens with zero attached hydrogens (tertiary/aromatic N) is 3. The molecule has 1 amide bonds. The summed E-state index contributed by atoms with van der Waals surface area (Å²) in [6.07, 6.45) is 0.209. The lowest BCUT2D eigenvalue weighted by Gasteiger charge is -2.45. The molecule has 1 aromatic rings. The Kier molecular flexibility index (Phi) is 5.55. The quantitative estimate of drug-likeness (QED) is 0.728. The van der Waals surface area contributed by atoms with Gasteiger partial charge in [-0.15, -0.1) is 0 Å². The number of alkyl halides is 1. The molecule has 3 atom stereocenters. The molecule has 0 radical (unpaired) electrons. The largest absolute Gasteiger partial charge is 0.444 e. The molecule has 0 spiro atoms. The zero-order valence-corrected chi connectivity index (χ0v) is 18.3. The van der Waals surface area contributed by atoms with Crippen molar-refractivity contribution in [3.8, 4) is 0 Å². The van der Waals surface area contributed by atoms with Gasteiger partial charge in [0, 0.05) is 6.54 Å². The van der Waals surface area contributed by atoms with E-state index in [4.69, 9.17) is 10.5 Å². The summed E-state index contributed by atoms with van der Waals surface area (Å²) in [5, 5.41) is 2.53. The Morgan fingerprint density at radius 1 is 1.40 bits per heavy atom. The number of nitrogens with two attached hydrogens (primary N) is 1. The number of amides is 1. The fourth-order valence-electron chi connectivity index (χ4n) is 3.69. The number of amidine groups is 1. The Labute approximate surface area is 174 Å². The van der Waals surface area contributed by atoms with Gasteiger partial charge in [0.25, 0.3) is 0 Å². The second-order valence-corrected chi connectivity index (χ2v) is 11.5. The highest BCUT2D eigenvalue weighted by Crippen LogP contribution is 2.43. The first kappa shape index (κ1) is 22.4. The first-order valence-electron chi connectivity index (χ1n) is 9.63. The van der Waals surface area contributed by atoms with Crippen LogP contribution in [0.4, 0.5) is 19.4 Å². The Balaban J connectivity index is 2.20. The molecule has 0 saturated heterocycles. The van der Waals surface area contributed by atoms with Crippen molar-refractivity contribution in [2.45, 2.75) is 56.4 Å². The van der Waals surface area contributed by atoms with Crippen LogP contribution in [0.2, 0.25) is 0 Å². The van der Waals surface area contributed by atoms with Crippen LogP contribution in [0, 0.1) is 5.82 Å². The molecule has 11 heteroatoms. The van der Waals surface area contributed by atoms with Gasteiger partial charge in [-0.25, -0.2) is 27.1 Å². The summed E-state index contributed by atoms with van der Waals surface area (Å²) in [7, 11) is -3.13. The molecule has 0 aromatic carbocycles. The number of alkyl carbamates (subject to hydrolysis) is 1. The number of pyridine rings is 1. The molecule has 3 heterocycles. The summed E-state index contributed by atoms with van der Waals surface area (Å²) in [6.45, 7) is 5.86. The van der Waals surface area contributed by atoms with E-state index in [0.29, 0.717) is 19.4 Å². The minimum absolute atomic E-state index is 0.0278. The number of ether oxygens (including phenoxy) is 1. The molecule has 1 unspecified atom stereocenters. The molecule has 8 nitrogen and oxygen atoms in total. The normalized spacial score (nSPS) is 31.2. The Morgan fingerprint density at radius 2 is 2.10 bits per heavy atom. The monoisotopic (exact) mass is 443 g/mol. The van der Waals surface area contributed by atoms with Crippen molar-refractivity contribution in [2.24, 2.45) is 9.36 Å². The van der Waals surface area contributed by atoms with Crippen LogP contribution >= 0.6 is 0 Å². The van der Waals surface area contributed by atoms with Crippen LogP contribution in [0.1, 0.15) is 46.2 Å². The maximum absolute atomic E-state index is 14.7. The van der Waals surface area contributed by atoms with Crippen LogP contribution in [-0.4, -0.2) is 50.4 Å². The summed E-state index contributed by atoms with van der Waals surface area (Å²) in [5.41, 5.74) is 2.60. The molecule has 30 heavy (non-hydrogen) atoms. The number of carbonyl (C=O) groups excluding carboxylic acids is 1. The van der Waals surface area contributed by atoms with Crippen LogP contribution in [0.5, 0.6) is 0 Å². The molecule has 3 rings (SSSR count). The number of carbonyl (C=O) groups is 1. The van der Waals surface area contributed by atoms with E-state index in [0.717, 1.165) is 6.07 Å². The van der Waals surface area contributed by atoms with Crippen molar-refractivity contribution in [3.63, 3.8) is 0 Å². The second-order valence-electron chi connectivity index (χ2n) is 8.79. The van der Waals surface area contributed by atoms with Crippen molar-refractivity contribution < 1.29 is 22.5 Å². The highest BCUT2D eigenvalue weighted by molar-refractivity contribution is 7.95. The van der Waals surface area contributed by atoms with Gasteiger partial charge in [0.2, 0.25) is 0 Å². The summed E-state index contributed by atoms with van der Waals surface area (Å²) in [6, 6.07) is 2.30. The molecule has 2 aliphatic heterocycles. The Hall–Kier alpha value is -2.30. The van der Waals surface area contributed by atoms with Gasteiger partial charge in [0.1, 0.15) is 45.7 Å². The fourth-order valence-corrected chi connectivity index (χ4v) is 6.60. The van der Waals surface area contributed by atoms with Gasteiger partial charge >= 0.3 is 6.09 Å². The van der Waals surface area contributed by atoms with Crippen LogP contribution in [-0.2, 0) is 20.0 Å². The zero-order chi connectivity index (χ0) is 22.4.